The van der Waals surface area contributed by atoms with Gasteiger partial charge in [0.2, 0.25) is 0 Å². The Hall–Kier alpha value is -1.77. The van der Waals surface area contributed by atoms with Crippen LogP contribution in [0.1, 0.15) is 29.8 Å². The topological polar surface area (TPSA) is 57.5 Å². The van der Waals surface area contributed by atoms with Gasteiger partial charge in [0.1, 0.15) is 11.5 Å². The molecule has 3 heteroatoms. The molecule has 0 aliphatic carbocycles. The van der Waals surface area contributed by atoms with Crippen LogP contribution in [0.3, 0.4) is 0 Å². The van der Waals surface area contributed by atoms with Crippen LogP contribution >= 0.6 is 0 Å². The lowest BCUT2D eigenvalue weighted by Crippen LogP contribution is -1.97. The smallest absolute Gasteiger partial charge is 0.189 e. The van der Waals surface area contributed by atoms with E-state index in [1.54, 1.807) is 6.92 Å². The van der Waals surface area contributed by atoms with E-state index in [9.17, 15) is 15.0 Å². The van der Waals surface area contributed by atoms with Crippen LogP contribution in [0.5, 0.6) is 11.5 Å². The lowest BCUT2D eigenvalue weighted by atomic mass is 10.0. The highest BCUT2D eigenvalue weighted by molar-refractivity contribution is 6.07. The van der Waals surface area contributed by atoms with Crippen molar-refractivity contribution in [1.82, 2.24) is 0 Å². The highest BCUT2D eigenvalue weighted by atomic mass is 16.3. The molecule has 0 aromatic heterocycles. The minimum absolute atomic E-state index is 0.0127. The predicted octanol–water partition coefficient (Wildman–Crippen LogP) is 2.56. The van der Waals surface area contributed by atoms with E-state index in [0.717, 1.165) is 5.57 Å². The molecular weight excluding hydrogens is 192 g/mol. The van der Waals surface area contributed by atoms with E-state index in [2.05, 4.69) is 0 Å². The third-order valence-electron chi connectivity index (χ3n) is 2.09. The van der Waals surface area contributed by atoms with Gasteiger partial charge >= 0.3 is 0 Å². The Kier molecular flexibility index (Phi) is 3.14. The van der Waals surface area contributed by atoms with Gasteiger partial charge in [-0.05, 0) is 39.0 Å². The minimum atomic E-state index is -0.254. The third kappa shape index (κ3) is 2.37. The molecule has 0 saturated heterocycles. The van der Waals surface area contributed by atoms with Crippen molar-refractivity contribution in [3.05, 3.63) is 34.9 Å². The number of hydrogen-bond acceptors (Lipinski definition) is 3. The van der Waals surface area contributed by atoms with Gasteiger partial charge in [-0.2, -0.15) is 0 Å². The van der Waals surface area contributed by atoms with E-state index in [1.807, 2.05) is 13.8 Å². The standard InChI is InChI=1S/C12H14O3/c1-7(2)6-11(14)9-4-5-10(13)8(3)12(9)15/h4-6,13,15H,1-3H3. The van der Waals surface area contributed by atoms with Gasteiger partial charge in [-0.15, -0.1) is 0 Å². The first-order valence-electron chi connectivity index (χ1n) is 4.64. The van der Waals surface area contributed by atoms with E-state index >= 15 is 0 Å². The van der Waals surface area contributed by atoms with Crippen molar-refractivity contribution < 1.29 is 15.0 Å². The van der Waals surface area contributed by atoms with E-state index < -0.39 is 0 Å². The molecule has 15 heavy (non-hydrogen) atoms. The maximum absolute atomic E-state index is 11.6. The van der Waals surface area contributed by atoms with Crippen LogP contribution in [0.15, 0.2) is 23.8 Å². The summed E-state index contributed by atoms with van der Waals surface area (Å²) in [5.74, 6) is -0.422. The second-order valence-electron chi connectivity index (χ2n) is 3.69. The fourth-order valence-electron chi connectivity index (χ4n) is 1.23. The third-order valence-corrected chi connectivity index (χ3v) is 2.09. The number of phenolic OH excluding ortho intramolecular Hbond substituents is 2. The molecule has 0 amide bonds. The first-order chi connectivity index (χ1) is 6.93. The number of ketones is 1. The molecule has 1 aromatic rings. The number of carbonyl (C=O) groups excluding carboxylic acids is 1. The van der Waals surface area contributed by atoms with Gasteiger partial charge in [-0.1, -0.05) is 5.57 Å². The van der Waals surface area contributed by atoms with Crippen molar-refractivity contribution in [1.29, 1.82) is 0 Å². The second kappa shape index (κ2) is 4.17. The van der Waals surface area contributed by atoms with Crippen LogP contribution in [0.4, 0.5) is 0 Å². The fraction of sp³-hybridized carbons (Fsp3) is 0.250. The molecule has 0 aliphatic heterocycles. The number of benzene rings is 1. The van der Waals surface area contributed by atoms with Crippen LogP contribution in [0.2, 0.25) is 0 Å². The number of allylic oxidation sites excluding steroid dienone is 2. The molecule has 0 spiro atoms. The highest BCUT2D eigenvalue weighted by Gasteiger charge is 2.12. The summed E-state index contributed by atoms with van der Waals surface area (Å²) in [5, 5.41) is 19.0. The Labute approximate surface area is 88.7 Å². The SMILES string of the molecule is CC(C)=CC(=O)c1ccc(O)c(C)c1O. The zero-order valence-electron chi connectivity index (χ0n) is 9.03. The van der Waals surface area contributed by atoms with Gasteiger partial charge in [0, 0.05) is 5.56 Å². The Morgan fingerprint density at radius 1 is 1.27 bits per heavy atom. The van der Waals surface area contributed by atoms with Crippen molar-refractivity contribution in [2.75, 3.05) is 0 Å². The zero-order chi connectivity index (χ0) is 11.6. The molecule has 1 rings (SSSR count). The van der Waals surface area contributed by atoms with Crippen molar-refractivity contribution in [3.63, 3.8) is 0 Å². The van der Waals surface area contributed by atoms with Crippen molar-refractivity contribution in [2.24, 2.45) is 0 Å². The highest BCUT2D eigenvalue weighted by Crippen LogP contribution is 2.29. The van der Waals surface area contributed by atoms with E-state index in [-0.39, 0.29) is 22.8 Å². The number of aromatic hydroxyl groups is 2. The van der Waals surface area contributed by atoms with Crippen LogP contribution in [0.25, 0.3) is 0 Å². The van der Waals surface area contributed by atoms with Crippen molar-refractivity contribution in [3.8, 4) is 11.5 Å². The lowest BCUT2D eigenvalue weighted by molar-refractivity contribution is 0.104. The van der Waals surface area contributed by atoms with Gasteiger partial charge < -0.3 is 10.2 Å². The summed E-state index contributed by atoms with van der Waals surface area (Å²) in [5.41, 5.74) is 1.40. The Balaban J connectivity index is 3.23. The van der Waals surface area contributed by atoms with Crippen LogP contribution in [-0.4, -0.2) is 16.0 Å². The van der Waals surface area contributed by atoms with Crippen LogP contribution in [-0.2, 0) is 0 Å². The first-order valence-corrected chi connectivity index (χ1v) is 4.64. The molecule has 80 valence electrons. The molecule has 0 radical (unpaired) electrons. The van der Waals surface area contributed by atoms with Gasteiger partial charge in [0.05, 0.1) is 5.56 Å². The van der Waals surface area contributed by atoms with E-state index in [1.165, 1.54) is 18.2 Å². The van der Waals surface area contributed by atoms with Crippen LogP contribution in [0, 0.1) is 6.92 Å². The molecule has 0 unspecified atom stereocenters. The number of hydrogen-bond donors (Lipinski definition) is 2. The summed E-state index contributed by atoms with van der Waals surface area (Å²) in [6.07, 6.45) is 1.45. The summed E-state index contributed by atoms with van der Waals surface area (Å²) in [4.78, 5) is 11.6. The molecule has 0 saturated carbocycles. The monoisotopic (exact) mass is 206 g/mol. The first kappa shape index (κ1) is 11.3. The maximum atomic E-state index is 11.6. The lowest BCUT2D eigenvalue weighted by Gasteiger charge is -2.06. The average Bonchev–Trinajstić information content (AvgIpc) is 2.13. The maximum Gasteiger partial charge on any atom is 0.189 e. The van der Waals surface area contributed by atoms with E-state index in [0.29, 0.717) is 5.56 Å². The Morgan fingerprint density at radius 2 is 1.87 bits per heavy atom. The van der Waals surface area contributed by atoms with Gasteiger partial charge in [-0.3, -0.25) is 4.79 Å². The summed E-state index contributed by atoms with van der Waals surface area (Å²) >= 11 is 0. The molecule has 0 bridgehead atoms. The largest absolute Gasteiger partial charge is 0.508 e. The molecule has 0 atom stereocenters. The summed E-state index contributed by atoms with van der Waals surface area (Å²) in [7, 11) is 0. The van der Waals surface area contributed by atoms with Gasteiger partial charge in [-0.25, -0.2) is 0 Å². The van der Waals surface area contributed by atoms with Crippen molar-refractivity contribution in [2.45, 2.75) is 20.8 Å². The Bertz CT molecular complexity index is 427. The molecule has 1 aromatic carbocycles. The van der Waals surface area contributed by atoms with Crippen molar-refractivity contribution >= 4 is 5.78 Å². The summed E-state index contributed by atoms with van der Waals surface area (Å²) < 4.78 is 0. The predicted molar refractivity (Wildman–Crippen MR) is 58.3 cm³/mol. The second-order valence-corrected chi connectivity index (χ2v) is 3.69. The average molecular weight is 206 g/mol. The molecule has 0 heterocycles. The summed E-state index contributed by atoms with van der Waals surface area (Å²) in [6, 6.07) is 2.82. The molecule has 2 N–H and O–H groups in total. The normalized spacial score (nSPS) is 9.80. The summed E-state index contributed by atoms with van der Waals surface area (Å²) in [6.45, 7) is 5.17. The molecule has 0 fully saturated rings. The van der Waals surface area contributed by atoms with Gasteiger partial charge in [0.15, 0.2) is 5.78 Å². The molecule has 3 nitrogen and oxygen atoms in total. The quantitative estimate of drug-likeness (QED) is 0.577. The molecule has 0 aliphatic rings. The number of phenols is 2. The Morgan fingerprint density at radius 3 is 2.40 bits per heavy atom. The van der Waals surface area contributed by atoms with Gasteiger partial charge in [0.25, 0.3) is 0 Å². The fourth-order valence-corrected chi connectivity index (χ4v) is 1.23. The van der Waals surface area contributed by atoms with E-state index in [4.69, 9.17) is 0 Å². The van der Waals surface area contributed by atoms with Crippen LogP contribution < -0.4 is 0 Å². The zero-order valence-corrected chi connectivity index (χ0v) is 9.03. The molecular formula is C12H14O3. The number of carbonyl (C=O) groups is 1. The number of rotatable bonds is 2. The minimum Gasteiger partial charge on any atom is -0.508 e.